The van der Waals surface area contributed by atoms with Gasteiger partial charge in [0.1, 0.15) is 0 Å². The summed E-state index contributed by atoms with van der Waals surface area (Å²) in [6.07, 6.45) is 5.90. The molecule has 0 bridgehead atoms. The molecule has 2 N–H and O–H groups in total. The number of hydrogen-bond donors (Lipinski definition) is 2. The van der Waals surface area contributed by atoms with Crippen molar-refractivity contribution in [1.82, 2.24) is 15.1 Å². The van der Waals surface area contributed by atoms with Crippen LogP contribution < -0.4 is 5.32 Å². The molecule has 1 aliphatic carbocycles. The predicted molar refractivity (Wildman–Crippen MR) is 102 cm³/mol. The maximum atomic E-state index is 12.8. The number of benzene rings is 1. The number of aliphatic hydroxyl groups is 1. The molecule has 140 valence electrons. The second-order valence-electron chi connectivity index (χ2n) is 7.17. The van der Waals surface area contributed by atoms with E-state index in [-0.39, 0.29) is 12.6 Å². The van der Waals surface area contributed by atoms with Crippen LogP contribution in [0.3, 0.4) is 0 Å². The molecule has 2 rings (SSSR count). The van der Waals surface area contributed by atoms with E-state index >= 15 is 0 Å². The fourth-order valence-corrected chi connectivity index (χ4v) is 3.50. The van der Waals surface area contributed by atoms with Crippen LogP contribution in [-0.4, -0.2) is 60.3 Å². The third kappa shape index (κ3) is 6.67. The smallest absolute Gasteiger partial charge is 0.317 e. The van der Waals surface area contributed by atoms with Gasteiger partial charge in [-0.3, -0.25) is 0 Å². The van der Waals surface area contributed by atoms with Crippen LogP contribution >= 0.6 is 0 Å². The molecule has 0 saturated heterocycles. The highest BCUT2D eigenvalue weighted by Crippen LogP contribution is 2.24. The zero-order chi connectivity index (χ0) is 18.1. The lowest BCUT2D eigenvalue weighted by Crippen LogP contribution is -2.48. The molecule has 1 aromatic carbocycles. The SMILES string of the molecule is Cc1cccc(CN(C(=O)NCCN(C)CCO)C2CCCCC2)c1. The maximum absolute atomic E-state index is 12.8. The van der Waals surface area contributed by atoms with Crippen LogP contribution in [0, 0.1) is 6.92 Å². The van der Waals surface area contributed by atoms with Gasteiger partial charge >= 0.3 is 6.03 Å². The third-order valence-corrected chi connectivity index (χ3v) is 4.96. The lowest BCUT2D eigenvalue weighted by atomic mass is 9.94. The molecule has 5 heteroatoms. The quantitative estimate of drug-likeness (QED) is 0.760. The lowest BCUT2D eigenvalue weighted by molar-refractivity contribution is 0.149. The first-order chi connectivity index (χ1) is 12.1. The van der Waals surface area contributed by atoms with Crippen LogP contribution in [0.15, 0.2) is 24.3 Å². The van der Waals surface area contributed by atoms with E-state index in [1.165, 1.54) is 30.4 Å². The molecule has 1 fully saturated rings. The summed E-state index contributed by atoms with van der Waals surface area (Å²) < 4.78 is 0. The minimum Gasteiger partial charge on any atom is -0.395 e. The molecule has 1 saturated carbocycles. The molecule has 0 spiro atoms. The van der Waals surface area contributed by atoms with Gasteiger partial charge in [-0.2, -0.15) is 0 Å². The van der Waals surface area contributed by atoms with Gasteiger partial charge in [0.2, 0.25) is 0 Å². The van der Waals surface area contributed by atoms with Crippen molar-refractivity contribution in [3.05, 3.63) is 35.4 Å². The van der Waals surface area contributed by atoms with Crippen molar-refractivity contribution in [2.75, 3.05) is 33.3 Å². The van der Waals surface area contributed by atoms with E-state index in [0.29, 0.717) is 25.7 Å². The first kappa shape index (κ1) is 19.7. The van der Waals surface area contributed by atoms with Gasteiger partial charge in [-0.15, -0.1) is 0 Å². The molecule has 25 heavy (non-hydrogen) atoms. The summed E-state index contributed by atoms with van der Waals surface area (Å²) in [5, 5.41) is 12.0. The van der Waals surface area contributed by atoms with E-state index in [1.807, 2.05) is 16.8 Å². The summed E-state index contributed by atoms with van der Waals surface area (Å²) in [4.78, 5) is 16.9. The zero-order valence-electron chi connectivity index (χ0n) is 15.7. The summed E-state index contributed by atoms with van der Waals surface area (Å²) in [6.45, 7) is 4.88. The second-order valence-corrected chi connectivity index (χ2v) is 7.17. The van der Waals surface area contributed by atoms with Gasteiger partial charge < -0.3 is 20.2 Å². The Kier molecular flexibility index (Phi) is 8.22. The Balaban J connectivity index is 1.96. The predicted octanol–water partition coefficient (Wildman–Crippen LogP) is 2.76. The van der Waals surface area contributed by atoms with Crippen molar-refractivity contribution in [3.8, 4) is 0 Å². The highest BCUT2D eigenvalue weighted by Gasteiger charge is 2.25. The number of nitrogens with one attached hydrogen (secondary N) is 1. The zero-order valence-corrected chi connectivity index (χ0v) is 15.7. The lowest BCUT2D eigenvalue weighted by Gasteiger charge is -2.34. The van der Waals surface area contributed by atoms with Gasteiger partial charge in [-0.25, -0.2) is 4.79 Å². The number of aliphatic hydroxyl groups excluding tert-OH is 1. The topological polar surface area (TPSA) is 55.8 Å². The monoisotopic (exact) mass is 347 g/mol. The number of amides is 2. The molecule has 0 unspecified atom stereocenters. The van der Waals surface area contributed by atoms with E-state index in [9.17, 15) is 4.79 Å². The van der Waals surface area contributed by atoms with Gasteiger partial charge in [0.15, 0.2) is 0 Å². The Bertz CT molecular complexity index is 529. The molecular formula is C20H33N3O2. The van der Waals surface area contributed by atoms with Crippen molar-refractivity contribution in [3.63, 3.8) is 0 Å². The number of carbonyl (C=O) groups excluding carboxylic acids is 1. The van der Waals surface area contributed by atoms with Crippen LogP contribution in [0.25, 0.3) is 0 Å². The normalized spacial score (nSPS) is 15.4. The van der Waals surface area contributed by atoms with Gasteiger partial charge in [0, 0.05) is 32.2 Å². The standard InChI is InChI=1S/C20H33N3O2/c1-17-7-6-8-18(15-17)16-23(19-9-4-3-5-10-19)20(25)21-11-12-22(2)13-14-24/h6-8,15,19,24H,3-5,9-14,16H2,1-2H3,(H,21,25). The van der Waals surface area contributed by atoms with Crippen LogP contribution in [0.1, 0.15) is 43.2 Å². The molecular weight excluding hydrogens is 314 g/mol. The number of rotatable bonds is 8. The first-order valence-corrected chi connectivity index (χ1v) is 9.49. The van der Waals surface area contributed by atoms with Gasteiger partial charge in [0.05, 0.1) is 6.61 Å². The summed E-state index contributed by atoms with van der Waals surface area (Å²) >= 11 is 0. The number of carbonyl (C=O) groups is 1. The Labute approximate surface area is 152 Å². The molecule has 5 nitrogen and oxygen atoms in total. The van der Waals surface area contributed by atoms with E-state index < -0.39 is 0 Å². The molecule has 1 aromatic rings. The summed E-state index contributed by atoms with van der Waals surface area (Å²) in [6, 6.07) is 8.79. The third-order valence-electron chi connectivity index (χ3n) is 4.96. The Morgan fingerprint density at radius 1 is 1.24 bits per heavy atom. The number of likely N-dealkylation sites (N-methyl/N-ethyl adjacent to an activating group) is 1. The molecule has 0 aliphatic heterocycles. The molecule has 2 amide bonds. The minimum absolute atomic E-state index is 0.0332. The highest BCUT2D eigenvalue weighted by molar-refractivity contribution is 5.74. The number of urea groups is 1. The average Bonchev–Trinajstić information content (AvgIpc) is 2.60. The van der Waals surface area contributed by atoms with Gasteiger partial charge in [0.25, 0.3) is 0 Å². The Hall–Kier alpha value is -1.59. The second kappa shape index (κ2) is 10.4. The summed E-state index contributed by atoms with van der Waals surface area (Å²) in [7, 11) is 1.95. The van der Waals surface area contributed by atoms with Gasteiger partial charge in [-0.1, -0.05) is 49.1 Å². The highest BCUT2D eigenvalue weighted by atomic mass is 16.3. The molecule has 0 heterocycles. The summed E-state index contributed by atoms with van der Waals surface area (Å²) in [5.41, 5.74) is 2.42. The van der Waals surface area contributed by atoms with E-state index in [4.69, 9.17) is 5.11 Å². The fourth-order valence-electron chi connectivity index (χ4n) is 3.50. The van der Waals surface area contributed by atoms with Crippen molar-refractivity contribution >= 4 is 6.03 Å². The maximum Gasteiger partial charge on any atom is 0.317 e. The van der Waals surface area contributed by atoms with Crippen molar-refractivity contribution < 1.29 is 9.90 Å². The summed E-state index contributed by atoms with van der Waals surface area (Å²) in [5.74, 6) is 0. The average molecular weight is 348 g/mol. The van der Waals surface area contributed by atoms with Gasteiger partial charge in [-0.05, 0) is 32.4 Å². The van der Waals surface area contributed by atoms with E-state index in [1.54, 1.807) is 0 Å². The van der Waals surface area contributed by atoms with E-state index in [0.717, 1.165) is 19.4 Å². The number of nitrogens with zero attached hydrogens (tertiary/aromatic N) is 2. The molecule has 1 aliphatic rings. The fraction of sp³-hybridized carbons (Fsp3) is 0.650. The van der Waals surface area contributed by atoms with Crippen LogP contribution in [0.2, 0.25) is 0 Å². The number of aryl methyl sites for hydroxylation is 1. The molecule has 0 atom stereocenters. The van der Waals surface area contributed by atoms with E-state index in [2.05, 4.69) is 36.5 Å². The largest absolute Gasteiger partial charge is 0.395 e. The molecule has 0 aromatic heterocycles. The van der Waals surface area contributed by atoms with Crippen molar-refractivity contribution in [1.29, 1.82) is 0 Å². The van der Waals surface area contributed by atoms with Crippen molar-refractivity contribution in [2.45, 2.75) is 51.6 Å². The van der Waals surface area contributed by atoms with Crippen LogP contribution in [-0.2, 0) is 6.54 Å². The number of hydrogen-bond acceptors (Lipinski definition) is 3. The Morgan fingerprint density at radius 3 is 2.68 bits per heavy atom. The van der Waals surface area contributed by atoms with Crippen molar-refractivity contribution in [2.24, 2.45) is 0 Å². The van der Waals surface area contributed by atoms with Crippen LogP contribution in [0.4, 0.5) is 4.79 Å². The first-order valence-electron chi connectivity index (χ1n) is 9.49. The molecule has 0 radical (unpaired) electrons. The Morgan fingerprint density at radius 2 is 2.00 bits per heavy atom. The minimum atomic E-state index is 0.0332. The van der Waals surface area contributed by atoms with Crippen LogP contribution in [0.5, 0.6) is 0 Å².